The van der Waals surface area contributed by atoms with Crippen LogP contribution in [0.4, 0.5) is 0 Å². The molecule has 3 aromatic carbocycles. The van der Waals surface area contributed by atoms with Crippen LogP contribution in [-0.2, 0) is 0 Å². The lowest BCUT2D eigenvalue weighted by Crippen LogP contribution is -2.21. The molecule has 0 saturated carbocycles. The Bertz CT molecular complexity index is 838. The molecule has 0 fully saturated rings. The van der Waals surface area contributed by atoms with Crippen LogP contribution in [0, 0.1) is 0 Å². The van der Waals surface area contributed by atoms with Crippen LogP contribution in [0.1, 0.15) is 67.3 Å². The van der Waals surface area contributed by atoms with Gasteiger partial charge in [-0.25, -0.2) is 0 Å². The fourth-order valence-corrected chi connectivity index (χ4v) is 3.76. The van der Waals surface area contributed by atoms with Crippen LogP contribution in [0.5, 0.6) is 0 Å². The van der Waals surface area contributed by atoms with Crippen molar-refractivity contribution in [2.45, 2.75) is 45.1 Å². The smallest absolute Gasteiger partial charge is 0.0406 e. The van der Waals surface area contributed by atoms with Gasteiger partial charge in [0.1, 0.15) is 0 Å². The van der Waals surface area contributed by atoms with Gasteiger partial charge in [0, 0.05) is 17.0 Å². The Morgan fingerprint density at radius 3 is 1.82 bits per heavy atom. The van der Waals surface area contributed by atoms with E-state index in [0.717, 1.165) is 18.0 Å². The highest BCUT2D eigenvalue weighted by Gasteiger charge is 2.15. The summed E-state index contributed by atoms with van der Waals surface area (Å²) < 4.78 is 0. The molecule has 146 valence electrons. The highest BCUT2D eigenvalue weighted by Crippen LogP contribution is 2.29. The molecule has 2 unspecified atom stereocenters. The van der Waals surface area contributed by atoms with Gasteiger partial charge in [-0.2, -0.15) is 0 Å². The van der Waals surface area contributed by atoms with Crippen molar-refractivity contribution in [3.63, 3.8) is 0 Å². The van der Waals surface area contributed by atoms with Gasteiger partial charge >= 0.3 is 0 Å². The molecule has 0 amide bonds. The summed E-state index contributed by atoms with van der Waals surface area (Å²) in [4.78, 5) is 0. The van der Waals surface area contributed by atoms with Gasteiger partial charge in [-0.15, -0.1) is 0 Å². The first kappa shape index (κ1) is 20.6. The van der Waals surface area contributed by atoms with Crippen molar-refractivity contribution in [2.75, 3.05) is 6.54 Å². The van der Waals surface area contributed by atoms with E-state index in [1.165, 1.54) is 22.3 Å². The Labute approximate surface area is 174 Å². The Balaban J connectivity index is 1.70. The summed E-state index contributed by atoms with van der Waals surface area (Å²) in [6.45, 7) is 7.64. The third-order valence-corrected chi connectivity index (χ3v) is 5.71. The summed E-state index contributed by atoms with van der Waals surface area (Å²) in [6.07, 6.45) is 1.06. The van der Waals surface area contributed by atoms with Gasteiger partial charge < -0.3 is 5.32 Å². The Hall–Kier alpha value is -2.09. The molecule has 3 aromatic rings. The third kappa shape index (κ3) is 5.47. The molecule has 2 atom stereocenters. The first-order chi connectivity index (χ1) is 13.5. The van der Waals surface area contributed by atoms with Crippen LogP contribution in [0.15, 0.2) is 78.9 Å². The molecule has 0 aromatic heterocycles. The molecule has 0 aliphatic carbocycles. The molecule has 28 heavy (non-hydrogen) atoms. The van der Waals surface area contributed by atoms with E-state index < -0.39 is 0 Å². The molecule has 2 heteroatoms. The van der Waals surface area contributed by atoms with Crippen molar-refractivity contribution in [1.82, 2.24) is 5.32 Å². The summed E-state index contributed by atoms with van der Waals surface area (Å²) >= 11 is 6.01. The average Bonchev–Trinajstić information content (AvgIpc) is 2.72. The van der Waals surface area contributed by atoms with E-state index in [-0.39, 0.29) is 0 Å². The molecule has 0 aliphatic rings. The molecule has 0 bridgehead atoms. The molecule has 0 radical (unpaired) electrons. The van der Waals surface area contributed by atoms with Crippen LogP contribution < -0.4 is 5.32 Å². The van der Waals surface area contributed by atoms with E-state index in [0.29, 0.717) is 17.9 Å². The lowest BCUT2D eigenvalue weighted by atomic mass is 9.87. The second-order valence-corrected chi connectivity index (χ2v) is 8.24. The van der Waals surface area contributed by atoms with Crippen molar-refractivity contribution < 1.29 is 0 Å². The topological polar surface area (TPSA) is 12.0 Å². The zero-order valence-corrected chi connectivity index (χ0v) is 17.8. The van der Waals surface area contributed by atoms with Crippen LogP contribution >= 0.6 is 11.6 Å². The summed E-state index contributed by atoms with van der Waals surface area (Å²) in [5, 5.41) is 4.46. The number of rotatable bonds is 8. The van der Waals surface area contributed by atoms with E-state index in [9.17, 15) is 0 Å². The summed E-state index contributed by atoms with van der Waals surface area (Å²) in [5.41, 5.74) is 5.42. The minimum atomic E-state index is 0.303. The van der Waals surface area contributed by atoms with Gasteiger partial charge in [0.25, 0.3) is 0 Å². The number of hydrogen-bond acceptors (Lipinski definition) is 1. The second kappa shape index (κ2) is 9.91. The Morgan fingerprint density at radius 2 is 1.21 bits per heavy atom. The minimum Gasteiger partial charge on any atom is -0.310 e. The normalized spacial score (nSPS) is 13.5. The lowest BCUT2D eigenvalue weighted by molar-refractivity contribution is 0.540. The first-order valence-corrected chi connectivity index (χ1v) is 10.6. The molecular weight excluding hydrogens is 362 g/mol. The number of nitrogens with one attached hydrogen (secondary N) is 1. The van der Waals surface area contributed by atoms with Crippen molar-refractivity contribution in [3.8, 4) is 0 Å². The summed E-state index contributed by atoms with van der Waals surface area (Å²) in [5.74, 6) is 0.957. The van der Waals surface area contributed by atoms with Crippen LogP contribution in [0.25, 0.3) is 0 Å². The van der Waals surface area contributed by atoms with Crippen molar-refractivity contribution >= 4 is 11.6 Å². The van der Waals surface area contributed by atoms with E-state index >= 15 is 0 Å². The average molecular weight is 392 g/mol. The van der Waals surface area contributed by atoms with Crippen molar-refractivity contribution in [3.05, 3.63) is 106 Å². The van der Waals surface area contributed by atoms with Crippen molar-refractivity contribution in [2.24, 2.45) is 0 Å². The second-order valence-electron chi connectivity index (χ2n) is 7.80. The van der Waals surface area contributed by atoms with E-state index in [1.54, 1.807) is 0 Å². The highest BCUT2D eigenvalue weighted by molar-refractivity contribution is 6.30. The largest absolute Gasteiger partial charge is 0.310 e. The third-order valence-electron chi connectivity index (χ3n) is 5.46. The van der Waals surface area contributed by atoms with Gasteiger partial charge in [-0.05, 0) is 60.2 Å². The summed E-state index contributed by atoms with van der Waals surface area (Å²) in [6, 6.07) is 28.4. The molecule has 1 nitrogen and oxygen atoms in total. The number of halogens is 1. The zero-order valence-electron chi connectivity index (χ0n) is 17.0. The maximum Gasteiger partial charge on any atom is 0.0406 e. The molecule has 3 rings (SSSR count). The van der Waals surface area contributed by atoms with E-state index in [4.69, 9.17) is 11.6 Å². The monoisotopic (exact) mass is 391 g/mol. The quantitative estimate of drug-likeness (QED) is 0.423. The van der Waals surface area contributed by atoms with Crippen LogP contribution in [-0.4, -0.2) is 6.54 Å². The predicted octanol–water partition coefficient (Wildman–Crippen LogP) is 7.34. The van der Waals surface area contributed by atoms with E-state index in [1.807, 2.05) is 12.1 Å². The maximum absolute atomic E-state index is 6.01. The number of hydrogen-bond donors (Lipinski definition) is 1. The lowest BCUT2D eigenvalue weighted by Gasteiger charge is -2.21. The van der Waals surface area contributed by atoms with Crippen LogP contribution in [0.3, 0.4) is 0 Å². The summed E-state index contributed by atoms with van der Waals surface area (Å²) in [7, 11) is 0. The number of benzene rings is 3. The maximum atomic E-state index is 6.01. The van der Waals surface area contributed by atoms with Gasteiger partial charge in [0.15, 0.2) is 0 Å². The first-order valence-electron chi connectivity index (χ1n) is 10.2. The fourth-order valence-electron chi connectivity index (χ4n) is 3.64. The molecule has 0 saturated heterocycles. The highest BCUT2D eigenvalue weighted by atomic mass is 35.5. The van der Waals surface area contributed by atoms with Gasteiger partial charge in [0.05, 0.1) is 0 Å². The molecule has 0 aliphatic heterocycles. The SMILES string of the molecule is CC(C)c1ccc(C(CCNC(C)c2ccc(Cl)cc2)c2ccccc2)cc1. The minimum absolute atomic E-state index is 0.303. The fraction of sp³-hybridized carbons (Fsp3) is 0.308. The standard InChI is InChI=1S/C26H30ClN/c1-19(2)21-9-11-24(12-10-21)26(23-7-5-4-6-8-23)17-18-28-20(3)22-13-15-25(27)16-14-22/h4-16,19-20,26,28H,17-18H2,1-3H3. The van der Waals surface area contributed by atoms with Gasteiger partial charge in [-0.1, -0.05) is 92.2 Å². The van der Waals surface area contributed by atoms with E-state index in [2.05, 4.69) is 92.8 Å². The molecule has 0 spiro atoms. The molecule has 0 heterocycles. The molecule has 1 N–H and O–H groups in total. The van der Waals surface area contributed by atoms with Crippen molar-refractivity contribution in [1.29, 1.82) is 0 Å². The Kier molecular flexibility index (Phi) is 7.30. The zero-order chi connectivity index (χ0) is 19.9. The Morgan fingerprint density at radius 1 is 0.679 bits per heavy atom. The molecular formula is C26H30ClN. The predicted molar refractivity (Wildman–Crippen MR) is 121 cm³/mol. The van der Waals surface area contributed by atoms with Gasteiger partial charge in [0.2, 0.25) is 0 Å². The van der Waals surface area contributed by atoms with Crippen LogP contribution in [0.2, 0.25) is 5.02 Å². The van der Waals surface area contributed by atoms with Gasteiger partial charge in [-0.3, -0.25) is 0 Å².